The van der Waals surface area contributed by atoms with Gasteiger partial charge >= 0.3 is 12.1 Å². The first-order valence-corrected chi connectivity index (χ1v) is 9.50. The van der Waals surface area contributed by atoms with Crippen LogP contribution in [0.1, 0.15) is 34.1 Å². The van der Waals surface area contributed by atoms with Crippen LogP contribution in [0.3, 0.4) is 0 Å². The molecule has 0 bridgehead atoms. The topological polar surface area (TPSA) is 88.4 Å². The summed E-state index contributed by atoms with van der Waals surface area (Å²) in [4.78, 5) is 29.7. The Hall–Kier alpha value is -1.96. The van der Waals surface area contributed by atoms with Gasteiger partial charge in [-0.2, -0.15) is 0 Å². The van der Waals surface area contributed by atoms with Crippen LogP contribution in [0.4, 0.5) is 4.79 Å². The van der Waals surface area contributed by atoms with E-state index in [0.717, 1.165) is 5.04 Å². The number of amides is 1. The summed E-state index contributed by atoms with van der Waals surface area (Å²) in [6.07, 6.45) is 5.12. The van der Waals surface area contributed by atoms with Crippen molar-refractivity contribution in [2.75, 3.05) is 6.54 Å². The first-order chi connectivity index (χ1) is 12.1. The Bertz CT molecular complexity index is 694. The maximum absolute atomic E-state index is 12.3. The number of thioether (sulfide) groups is 1. The number of aliphatic carboxylic acids is 1. The van der Waals surface area contributed by atoms with Crippen LogP contribution in [0.25, 0.3) is 0 Å². The molecule has 1 amide bonds. The number of aliphatic imine (C=N–C) groups is 1. The zero-order valence-corrected chi connectivity index (χ0v) is 16.2. The second-order valence-electron chi connectivity index (χ2n) is 7.61. The molecule has 0 aromatic heterocycles. The number of allylic oxidation sites excluding steroid dienone is 1. The molecule has 1 N–H and O–H groups in total. The number of carbonyl (C=O) groups is 2. The highest BCUT2D eigenvalue weighted by Crippen LogP contribution is 2.33. The third-order valence-corrected chi connectivity index (χ3v) is 5.39. The van der Waals surface area contributed by atoms with E-state index >= 15 is 0 Å². The van der Waals surface area contributed by atoms with E-state index in [2.05, 4.69) is 11.1 Å². The van der Waals surface area contributed by atoms with Crippen molar-refractivity contribution in [1.82, 2.24) is 4.90 Å². The lowest BCUT2D eigenvalue weighted by Gasteiger charge is -2.26. The molecule has 142 valence electrons. The fourth-order valence-corrected chi connectivity index (χ4v) is 4.20. The lowest BCUT2D eigenvalue weighted by molar-refractivity contribution is -0.142. The molecule has 3 aliphatic rings. The van der Waals surface area contributed by atoms with Gasteiger partial charge < -0.3 is 14.6 Å². The Morgan fingerprint density at radius 2 is 2.12 bits per heavy atom. The van der Waals surface area contributed by atoms with Gasteiger partial charge in [-0.1, -0.05) is 6.08 Å². The Morgan fingerprint density at radius 1 is 1.38 bits per heavy atom. The van der Waals surface area contributed by atoms with E-state index in [1.807, 2.05) is 19.1 Å². The minimum absolute atomic E-state index is 0.0543. The van der Waals surface area contributed by atoms with E-state index < -0.39 is 29.8 Å². The monoisotopic (exact) mass is 380 g/mol. The van der Waals surface area contributed by atoms with Crippen LogP contribution in [-0.2, 0) is 14.3 Å². The maximum atomic E-state index is 12.3. The predicted octanol–water partition coefficient (Wildman–Crippen LogP) is 2.82. The predicted molar refractivity (Wildman–Crippen MR) is 99.4 cm³/mol. The van der Waals surface area contributed by atoms with Crippen LogP contribution in [0, 0.1) is 0 Å². The molecular formula is C18H24N2O5S. The zero-order chi connectivity index (χ0) is 19.1. The summed E-state index contributed by atoms with van der Waals surface area (Å²) in [5.41, 5.74) is -0.682. The van der Waals surface area contributed by atoms with E-state index in [4.69, 9.17) is 9.47 Å². The molecule has 7 nitrogen and oxygen atoms in total. The number of hydrogen-bond acceptors (Lipinski definition) is 6. The number of likely N-dealkylation sites (tertiary alicyclic amines) is 1. The minimum Gasteiger partial charge on any atom is -0.489 e. The van der Waals surface area contributed by atoms with Gasteiger partial charge in [-0.3, -0.25) is 9.89 Å². The van der Waals surface area contributed by atoms with Crippen LogP contribution in [0.2, 0.25) is 0 Å². The van der Waals surface area contributed by atoms with Gasteiger partial charge in [0.25, 0.3) is 0 Å². The molecule has 0 unspecified atom stereocenters. The molecule has 2 aliphatic heterocycles. The Labute approximate surface area is 157 Å². The van der Waals surface area contributed by atoms with Crippen LogP contribution >= 0.6 is 11.8 Å². The van der Waals surface area contributed by atoms with Gasteiger partial charge in [0.2, 0.25) is 0 Å². The van der Waals surface area contributed by atoms with Crippen molar-refractivity contribution in [2.45, 2.75) is 63.2 Å². The number of carboxylic acid groups (broad SMARTS) is 1. The number of hydrogen-bond donors (Lipinski definition) is 1. The van der Waals surface area contributed by atoms with Crippen molar-refractivity contribution in [1.29, 1.82) is 0 Å². The molecule has 26 heavy (non-hydrogen) atoms. The third-order valence-electron chi connectivity index (χ3n) is 4.24. The number of fused-ring (bicyclic) bond motifs is 1. The van der Waals surface area contributed by atoms with E-state index in [1.165, 1.54) is 4.90 Å². The van der Waals surface area contributed by atoms with Crippen molar-refractivity contribution >= 4 is 28.9 Å². The molecular weight excluding hydrogens is 356 g/mol. The lowest BCUT2D eigenvalue weighted by atomic mass is 10.1. The van der Waals surface area contributed by atoms with Crippen molar-refractivity contribution < 1.29 is 24.2 Å². The average Bonchev–Trinajstić information content (AvgIpc) is 3.08. The van der Waals surface area contributed by atoms with Crippen LogP contribution < -0.4 is 0 Å². The summed E-state index contributed by atoms with van der Waals surface area (Å²) >= 11 is 1.72. The van der Waals surface area contributed by atoms with Gasteiger partial charge in [0.15, 0.2) is 0 Å². The molecule has 1 aliphatic carbocycles. The average molecular weight is 380 g/mol. The first kappa shape index (κ1) is 18.8. The number of rotatable bonds is 3. The summed E-state index contributed by atoms with van der Waals surface area (Å²) in [7, 11) is 0. The molecule has 4 atom stereocenters. The molecule has 0 spiro atoms. The molecule has 0 radical (unpaired) electrons. The van der Waals surface area contributed by atoms with E-state index in [0.29, 0.717) is 11.0 Å². The van der Waals surface area contributed by atoms with Crippen molar-refractivity contribution in [3.8, 4) is 0 Å². The largest absolute Gasteiger partial charge is 0.489 e. The Morgan fingerprint density at radius 3 is 2.77 bits per heavy atom. The van der Waals surface area contributed by atoms with Crippen LogP contribution in [0.15, 0.2) is 29.0 Å². The number of carboxylic acids is 1. The van der Waals surface area contributed by atoms with E-state index in [9.17, 15) is 14.7 Å². The van der Waals surface area contributed by atoms with Gasteiger partial charge in [-0.05, 0) is 39.8 Å². The molecule has 2 heterocycles. The smallest absolute Gasteiger partial charge is 0.411 e. The molecule has 0 aromatic rings. The summed E-state index contributed by atoms with van der Waals surface area (Å²) < 4.78 is 11.3. The standard InChI is InChI=1S/C18H24N2O5S/c1-10-19-13-7-11(5-6-15(13)26-10)24-12-8-14(16(21)22)20(9-12)17(23)25-18(2,3)4/h5-7,12-15H,8-9H2,1-4H3,(H,21,22)/t12-,13-,14+,15+/m1/s1. The molecule has 0 aromatic carbocycles. The molecule has 0 saturated carbocycles. The highest BCUT2D eigenvalue weighted by atomic mass is 32.2. The second-order valence-corrected chi connectivity index (χ2v) is 8.98. The second kappa shape index (κ2) is 6.98. The van der Waals surface area contributed by atoms with Gasteiger partial charge in [-0.25, -0.2) is 9.59 Å². The van der Waals surface area contributed by atoms with Crippen molar-refractivity contribution in [3.63, 3.8) is 0 Å². The molecule has 1 fully saturated rings. The third kappa shape index (κ3) is 4.23. The summed E-state index contributed by atoms with van der Waals surface area (Å²) in [5.74, 6) is -0.381. The number of ether oxygens (including phenoxy) is 2. The normalized spacial score (nSPS) is 30.5. The summed E-state index contributed by atoms with van der Waals surface area (Å²) in [6, 6.07) is -0.892. The van der Waals surface area contributed by atoms with Gasteiger partial charge in [0.05, 0.1) is 22.9 Å². The molecule has 3 rings (SSSR count). The fraction of sp³-hybridized carbons (Fsp3) is 0.611. The fourth-order valence-electron chi connectivity index (χ4n) is 3.19. The van der Waals surface area contributed by atoms with Gasteiger partial charge in [0, 0.05) is 6.42 Å². The number of carbonyl (C=O) groups excluding carboxylic acids is 1. The summed E-state index contributed by atoms with van der Waals surface area (Å²) in [6.45, 7) is 7.42. The highest BCUT2D eigenvalue weighted by molar-refractivity contribution is 8.14. The highest BCUT2D eigenvalue weighted by Gasteiger charge is 2.43. The Balaban J connectivity index is 1.67. The first-order valence-electron chi connectivity index (χ1n) is 8.62. The van der Waals surface area contributed by atoms with Gasteiger partial charge in [-0.15, -0.1) is 11.8 Å². The van der Waals surface area contributed by atoms with E-state index in [-0.39, 0.29) is 19.0 Å². The van der Waals surface area contributed by atoms with Crippen molar-refractivity contribution in [2.24, 2.45) is 4.99 Å². The van der Waals surface area contributed by atoms with Crippen molar-refractivity contribution in [3.05, 3.63) is 24.0 Å². The molecule has 8 heteroatoms. The SMILES string of the molecule is CC1=N[C@@H]2C=C(O[C@@H]3C[C@@H](C(=O)O)N(C(=O)OC(C)(C)C)C3)C=C[C@@H]2S1. The minimum atomic E-state index is -1.05. The molecule has 1 saturated heterocycles. The zero-order valence-electron chi connectivity index (χ0n) is 15.3. The number of nitrogens with zero attached hydrogens (tertiary/aromatic N) is 2. The lowest BCUT2D eigenvalue weighted by Crippen LogP contribution is -2.43. The van der Waals surface area contributed by atoms with Crippen LogP contribution in [0.5, 0.6) is 0 Å². The van der Waals surface area contributed by atoms with Gasteiger partial charge in [0.1, 0.15) is 23.5 Å². The van der Waals surface area contributed by atoms with E-state index in [1.54, 1.807) is 32.5 Å². The quantitative estimate of drug-likeness (QED) is 0.810. The van der Waals surface area contributed by atoms with Crippen LogP contribution in [-0.4, -0.2) is 62.7 Å². The Kier molecular flexibility index (Phi) is 5.05. The maximum Gasteiger partial charge on any atom is 0.411 e. The summed E-state index contributed by atoms with van der Waals surface area (Å²) in [5, 5.41) is 10.8.